The van der Waals surface area contributed by atoms with E-state index in [4.69, 9.17) is 10.2 Å². The van der Waals surface area contributed by atoms with Crippen molar-refractivity contribution in [1.82, 2.24) is 19.9 Å². The Hall–Kier alpha value is -2.15. The molecule has 0 spiro atoms. The molecule has 7 nitrogen and oxygen atoms in total. The fraction of sp³-hybridized carbons (Fsp3) is 0.611. The second kappa shape index (κ2) is 7.82. The van der Waals surface area contributed by atoms with Crippen LogP contribution in [0.15, 0.2) is 10.5 Å². The van der Waals surface area contributed by atoms with Crippen LogP contribution < -0.4 is 10.6 Å². The Morgan fingerprint density at radius 3 is 2.44 bits per heavy atom. The number of aryl methyl sites for hydroxylation is 2. The number of nitrogen functional groups attached to an aromatic ring is 1. The van der Waals surface area contributed by atoms with Gasteiger partial charge in [-0.15, -0.1) is 0 Å². The van der Waals surface area contributed by atoms with Gasteiger partial charge in [0.1, 0.15) is 17.3 Å². The second-order valence-electron chi connectivity index (χ2n) is 6.36. The first-order chi connectivity index (χ1) is 12.2. The number of hydrogen-bond acceptors (Lipinski definition) is 7. The average molecular weight is 344 g/mol. The quantitative estimate of drug-likeness (QED) is 0.895. The fourth-order valence-corrected chi connectivity index (χ4v) is 3.22. The summed E-state index contributed by atoms with van der Waals surface area (Å²) < 4.78 is 5.92. The monoisotopic (exact) mass is 344 g/mol. The number of fused-ring (bicyclic) bond motifs is 1. The molecule has 0 unspecified atom stereocenters. The third-order valence-electron chi connectivity index (χ3n) is 4.62. The summed E-state index contributed by atoms with van der Waals surface area (Å²) in [7, 11) is 2.13. The molecule has 1 saturated heterocycles. The predicted octanol–water partition coefficient (Wildman–Crippen LogP) is 2.37. The largest absolute Gasteiger partial charge is 0.440 e. The molecular formula is C18H28N6O. The molecule has 2 aliphatic rings. The van der Waals surface area contributed by atoms with Crippen molar-refractivity contribution in [2.24, 2.45) is 0 Å². The molecule has 3 heterocycles. The van der Waals surface area contributed by atoms with Gasteiger partial charge in [0.15, 0.2) is 0 Å². The highest BCUT2D eigenvalue weighted by molar-refractivity contribution is 5.58. The number of oxazole rings is 1. The molecule has 1 aliphatic carbocycles. The molecule has 1 fully saturated rings. The normalized spacial score (nSPS) is 17.6. The number of rotatable bonds is 2. The molecule has 0 radical (unpaired) electrons. The zero-order chi connectivity index (χ0) is 17.8. The average Bonchev–Trinajstić information content (AvgIpc) is 3.08. The first kappa shape index (κ1) is 17.7. The van der Waals surface area contributed by atoms with Crippen LogP contribution in [0.5, 0.6) is 0 Å². The Balaban J connectivity index is 0.000000880. The van der Waals surface area contributed by atoms with Crippen LogP contribution in [0.1, 0.15) is 38.1 Å². The van der Waals surface area contributed by atoms with Crippen molar-refractivity contribution in [3.05, 3.63) is 17.5 Å². The van der Waals surface area contributed by atoms with E-state index in [1.807, 2.05) is 19.9 Å². The van der Waals surface area contributed by atoms with Crippen LogP contribution in [-0.4, -0.2) is 53.1 Å². The Morgan fingerprint density at radius 2 is 1.72 bits per heavy atom. The summed E-state index contributed by atoms with van der Waals surface area (Å²) in [4.78, 5) is 17.9. The van der Waals surface area contributed by atoms with Crippen molar-refractivity contribution >= 4 is 11.8 Å². The first-order valence-corrected chi connectivity index (χ1v) is 9.26. The maximum atomic E-state index is 5.92. The Kier molecular flexibility index (Phi) is 5.53. The van der Waals surface area contributed by atoms with E-state index < -0.39 is 0 Å². The van der Waals surface area contributed by atoms with Gasteiger partial charge in [0.05, 0.1) is 5.69 Å². The van der Waals surface area contributed by atoms with E-state index in [1.165, 1.54) is 12.8 Å². The van der Waals surface area contributed by atoms with E-state index >= 15 is 0 Å². The van der Waals surface area contributed by atoms with Crippen molar-refractivity contribution in [3.63, 3.8) is 0 Å². The van der Waals surface area contributed by atoms with Gasteiger partial charge in [-0.3, -0.25) is 0 Å². The number of nitrogens with zero attached hydrogens (tertiary/aromatic N) is 5. The number of aromatic nitrogens is 3. The van der Waals surface area contributed by atoms with E-state index in [0.717, 1.165) is 56.3 Å². The van der Waals surface area contributed by atoms with Gasteiger partial charge >= 0.3 is 0 Å². The molecule has 2 N–H and O–H groups in total. The van der Waals surface area contributed by atoms with Gasteiger partial charge in [0.25, 0.3) is 0 Å². The zero-order valence-electron chi connectivity index (χ0n) is 15.5. The van der Waals surface area contributed by atoms with Crippen LogP contribution in [-0.2, 0) is 12.8 Å². The number of piperazine rings is 1. The van der Waals surface area contributed by atoms with E-state index in [-0.39, 0.29) is 5.95 Å². The van der Waals surface area contributed by atoms with E-state index in [1.54, 1.807) is 0 Å². The number of hydrogen-bond donors (Lipinski definition) is 1. The summed E-state index contributed by atoms with van der Waals surface area (Å²) in [6.45, 7) is 7.92. The summed E-state index contributed by atoms with van der Waals surface area (Å²) in [6.07, 6.45) is 4.30. The highest BCUT2D eigenvalue weighted by atomic mass is 16.4. The molecule has 0 bridgehead atoms. The minimum absolute atomic E-state index is 0.271. The molecule has 2 aromatic rings. The molecule has 7 heteroatoms. The van der Waals surface area contributed by atoms with Gasteiger partial charge in [-0.25, -0.2) is 9.97 Å². The van der Waals surface area contributed by atoms with Gasteiger partial charge in [-0.1, -0.05) is 13.8 Å². The molecule has 0 aromatic carbocycles. The molecule has 25 heavy (non-hydrogen) atoms. The van der Waals surface area contributed by atoms with Gasteiger partial charge in [-0.05, 0) is 26.3 Å². The number of likely N-dealkylation sites (N-methyl/N-ethyl adjacent to an activating group) is 1. The lowest BCUT2D eigenvalue weighted by Gasteiger charge is -2.33. The molecule has 2 aromatic heterocycles. The van der Waals surface area contributed by atoms with E-state index in [0.29, 0.717) is 11.6 Å². The van der Waals surface area contributed by atoms with Crippen molar-refractivity contribution in [2.45, 2.75) is 39.5 Å². The van der Waals surface area contributed by atoms with E-state index in [2.05, 4.69) is 31.8 Å². The molecule has 0 saturated carbocycles. The highest BCUT2D eigenvalue weighted by Crippen LogP contribution is 2.28. The smallest absolute Gasteiger partial charge is 0.245 e. The third kappa shape index (κ3) is 3.92. The maximum Gasteiger partial charge on any atom is 0.245 e. The molecular weight excluding hydrogens is 316 g/mol. The second-order valence-corrected chi connectivity index (χ2v) is 6.36. The molecule has 1 aliphatic heterocycles. The van der Waals surface area contributed by atoms with Crippen molar-refractivity contribution in [3.8, 4) is 11.6 Å². The van der Waals surface area contributed by atoms with Crippen molar-refractivity contribution in [2.75, 3.05) is 43.9 Å². The van der Waals surface area contributed by atoms with Gasteiger partial charge in [0, 0.05) is 38.7 Å². The van der Waals surface area contributed by atoms with Crippen LogP contribution in [0, 0.1) is 0 Å². The lowest BCUT2D eigenvalue weighted by atomic mass is 10.0. The van der Waals surface area contributed by atoms with Gasteiger partial charge in [-0.2, -0.15) is 4.98 Å². The molecule has 0 amide bonds. The maximum absolute atomic E-state index is 5.92. The summed E-state index contributed by atoms with van der Waals surface area (Å²) in [5.74, 6) is 2.70. The SMILES string of the molecule is CC.CN1CCN(c2cc(-c3nc4c(o3)CCCC4)nc(N)n2)CC1. The van der Waals surface area contributed by atoms with Crippen LogP contribution in [0.3, 0.4) is 0 Å². The van der Waals surface area contributed by atoms with Crippen molar-refractivity contribution < 1.29 is 4.42 Å². The summed E-state index contributed by atoms with van der Waals surface area (Å²) in [6, 6.07) is 1.94. The van der Waals surface area contributed by atoms with E-state index in [9.17, 15) is 0 Å². The Morgan fingerprint density at radius 1 is 1.00 bits per heavy atom. The Bertz CT molecular complexity index is 682. The van der Waals surface area contributed by atoms with Gasteiger partial charge < -0.3 is 20.0 Å². The summed E-state index contributed by atoms with van der Waals surface area (Å²) >= 11 is 0. The number of nitrogens with two attached hydrogens (primary N) is 1. The summed E-state index contributed by atoms with van der Waals surface area (Å²) in [5, 5.41) is 0. The third-order valence-corrected chi connectivity index (χ3v) is 4.62. The van der Waals surface area contributed by atoms with Gasteiger partial charge in [0.2, 0.25) is 11.8 Å². The van der Waals surface area contributed by atoms with Crippen LogP contribution >= 0.6 is 0 Å². The highest BCUT2D eigenvalue weighted by Gasteiger charge is 2.21. The fourth-order valence-electron chi connectivity index (χ4n) is 3.22. The minimum atomic E-state index is 0.271. The summed E-state index contributed by atoms with van der Waals surface area (Å²) in [5.41, 5.74) is 7.68. The predicted molar refractivity (Wildman–Crippen MR) is 99.6 cm³/mol. The molecule has 0 atom stereocenters. The topological polar surface area (TPSA) is 84.3 Å². The van der Waals surface area contributed by atoms with Crippen LogP contribution in [0.25, 0.3) is 11.6 Å². The lowest BCUT2D eigenvalue weighted by Crippen LogP contribution is -2.44. The Labute approximate surface area is 149 Å². The standard InChI is InChI=1S/C16H22N6O.C2H6/c1-21-6-8-22(9-7-21)14-10-12(19-16(17)20-14)15-18-11-4-2-3-5-13(11)23-15;1-2/h10H,2-9H2,1H3,(H2,17,19,20);1-2H3. The minimum Gasteiger partial charge on any atom is -0.440 e. The van der Waals surface area contributed by atoms with Crippen LogP contribution in [0.4, 0.5) is 11.8 Å². The lowest BCUT2D eigenvalue weighted by molar-refractivity contribution is 0.312. The van der Waals surface area contributed by atoms with Crippen LogP contribution in [0.2, 0.25) is 0 Å². The first-order valence-electron chi connectivity index (χ1n) is 9.26. The van der Waals surface area contributed by atoms with Crippen molar-refractivity contribution in [1.29, 1.82) is 0 Å². The molecule has 136 valence electrons. The number of anilines is 2. The molecule has 4 rings (SSSR count). The zero-order valence-corrected chi connectivity index (χ0v) is 15.5.